The molecular weight excluding hydrogens is 320 g/mol. The molecule has 0 aliphatic heterocycles. The van der Waals surface area contributed by atoms with Gasteiger partial charge in [0, 0.05) is 10.6 Å². The minimum absolute atomic E-state index is 0.0451. The Labute approximate surface area is 137 Å². The summed E-state index contributed by atoms with van der Waals surface area (Å²) in [5.74, 6) is -0.192. The molecule has 0 bridgehead atoms. The third kappa shape index (κ3) is 3.36. The van der Waals surface area contributed by atoms with Gasteiger partial charge in [0.25, 0.3) is 0 Å². The number of thiazole rings is 1. The zero-order valence-electron chi connectivity index (χ0n) is 12.3. The molecule has 0 unspecified atom stereocenters. The standard InChI is InChI=1S/C16H15ClN2O2S/c1-9-14(10(2)19-21-16(20)12-3-4-12)22-15(18-9)11-5-7-13(17)8-6-11/h5-8,12H,3-4H2,1-2H3/b19-10+. The van der Waals surface area contributed by atoms with Gasteiger partial charge in [-0.3, -0.25) is 0 Å². The highest BCUT2D eigenvalue weighted by atomic mass is 35.5. The van der Waals surface area contributed by atoms with Crippen molar-refractivity contribution in [1.29, 1.82) is 0 Å². The maximum Gasteiger partial charge on any atom is 0.338 e. The van der Waals surface area contributed by atoms with Crippen LogP contribution in [0.25, 0.3) is 10.6 Å². The third-order valence-corrected chi connectivity index (χ3v) is 4.97. The number of nitrogens with zero attached hydrogens (tertiary/aromatic N) is 2. The van der Waals surface area contributed by atoms with Crippen molar-refractivity contribution in [1.82, 2.24) is 4.98 Å². The molecule has 0 spiro atoms. The van der Waals surface area contributed by atoms with E-state index in [1.807, 2.05) is 38.1 Å². The van der Waals surface area contributed by atoms with Crippen LogP contribution in [0.5, 0.6) is 0 Å². The van der Waals surface area contributed by atoms with Crippen LogP contribution in [0, 0.1) is 12.8 Å². The molecule has 1 heterocycles. The van der Waals surface area contributed by atoms with Crippen LogP contribution in [0.15, 0.2) is 29.4 Å². The van der Waals surface area contributed by atoms with E-state index in [0.717, 1.165) is 34.0 Å². The van der Waals surface area contributed by atoms with Crippen LogP contribution in [0.2, 0.25) is 5.02 Å². The molecule has 3 rings (SSSR count). The van der Waals surface area contributed by atoms with E-state index in [0.29, 0.717) is 10.7 Å². The summed E-state index contributed by atoms with van der Waals surface area (Å²) in [7, 11) is 0. The molecule has 0 N–H and O–H groups in total. The maximum atomic E-state index is 11.5. The molecule has 0 amide bonds. The number of benzene rings is 1. The van der Waals surface area contributed by atoms with Crippen molar-refractivity contribution in [3.8, 4) is 10.6 Å². The second-order valence-electron chi connectivity index (χ2n) is 5.30. The Balaban J connectivity index is 1.80. The van der Waals surface area contributed by atoms with Crippen molar-refractivity contribution in [3.63, 3.8) is 0 Å². The van der Waals surface area contributed by atoms with Gasteiger partial charge in [0.15, 0.2) is 0 Å². The fourth-order valence-electron chi connectivity index (χ4n) is 2.00. The minimum atomic E-state index is -0.237. The summed E-state index contributed by atoms with van der Waals surface area (Å²) in [5.41, 5.74) is 2.55. The molecule has 114 valence electrons. The summed E-state index contributed by atoms with van der Waals surface area (Å²) in [6.07, 6.45) is 1.82. The first-order valence-corrected chi connectivity index (χ1v) is 8.23. The summed E-state index contributed by atoms with van der Waals surface area (Å²) in [5, 5.41) is 5.55. The van der Waals surface area contributed by atoms with Crippen molar-refractivity contribution >= 4 is 34.6 Å². The van der Waals surface area contributed by atoms with E-state index < -0.39 is 0 Å². The largest absolute Gasteiger partial charge is 0.338 e. The smallest absolute Gasteiger partial charge is 0.318 e. The van der Waals surface area contributed by atoms with Crippen LogP contribution in [-0.2, 0) is 9.63 Å². The first-order chi connectivity index (χ1) is 10.5. The van der Waals surface area contributed by atoms with Crippen LogP contribution in [0.1, 0.15) is 30.3 Å². The van der Waals surface area contributed by atoms with E-state index in [1.165, 1.54) is 11.3 Å². The molecule has 1 aromatic heterocycles. The van der Waals surface area contributed by atoms with Gasteiger partial charge in [0.05, 0.1) is 22.2 Å². The summed E-state index contributed by atoms with van der Waals surface area (Å²) in [4.78, 5) is 22.0. The Bertz CT molecular complexity index is 733. The number of halogens is 1. The molecule has 0 saturated heterocycles. The number of carbonyl (C=O) groups excluding carboxylic acids is 1. The van der Waals surface area contributed by atoms with Crippen LogP contribution in [0.3, 0.4) is 0 Å². The van der Waals surface area contributed by atoms with E-state index in [-0.39, 0.29) is 11.9 Å². The highest BCUT2D eigenvalue weighted by molar-refractivity contribution is 7.17. The molecule has 22 heavy (non-hydrogen) atoms. The lowest BCUT2D eigenvalue weighted by molar-refractivity contribution is -0.145. The van der Waals surface area contributed by atoms with Gasteiger partial charge in [-0.2, -0.15) is 0 Å². The van der Waals surface area contributed by atoms with E-state index in [4.69, 9.17) is 16.4 Å². The van der Waals surface area contributed by atoms with E-state index >= 15 is 0 Å². The van der Waals surface area contributed by atoms with Crippen LogP contribution < -0.4 is 0 Å². The number of hydrogen-bond acceptors (Lipinski definition) is 5. The van der Waals surface area contributed by atoms with Gasteiger partial charge in [0.1, 0.15) is 5.01 Å². The molecule has 1 aromatic carbocycles. The SMILES string of the molecule is C/C(=N\OC(=O)C1CC1)c1sc(-c2ccc(Cl)cc2)nc1C. The van der Waals surface area contributed by atoms with Crippen molar-refractivity contribution in [2.24, 2.45) is 11.1 Å². The number of hydrogen-bond donors (Lipinski definition) is 0. The van der Waals surface area contributed by atoms with Crippen LogP contribution >= 0.6 is 22.9 Å². The Morgan fingerprint density at radius 1 is 1.36 bits per heavy atom. The maximum absolute atomic E-state index is 11.5. The van der Waals surface area contributed by atoms with Gasteiger partial charge in [-0.1, -0.05) is 28.9 Å². The predicted molar refractivity (Wildman–Crippen MR) is 88.3 cm³/mol. The Hall–Kier alpha value is -1.72. The zero-order valence-corrected chi connectivity index (χ0v) is 13.9. The second-order valence-corrected chi connectivity index (χ2v) is 6.74. The van der Waals surface area contributed by atoms with E-state index in [9.17, 15) is 4.79 Å². The topological polar surface area (TPSA) is 51.5 Å². The highest BCUT2D eigenvalue weighted by Crippen LogP contribution is 2.31. The second kappa shape index (κ2) is 6.18. The van der Waals surface area contributed by atoms with Gasteiger partial charge in [-0.05, 0) is 38.8 Å². The molecule has 2 aromatic rings. The summed E-state index contributed by atoms with van der Waals surface area (Å²) < 4.78 is 0. The van der Waals surface area contributed by atoms with E-state index in [2.05, 4.69) is 10.1 Å². The van der Waals surface area contributed by atoms with Crippen LogP contribution in [0.4, 0.5) is 0 Å². The van der Waals surface area contributed by atoms with Gasteiger partial charge in [-0.15, -0.1) is 11.3 Å². The predicted octanol–water partition coefficient (Wildman–Crippen LogP) is 4.45. The molecule has 0 atom stereocenters. The molecule has 1 saturated carbocycles. The molecule has 1 aliphatic carbocycles. The normalized spacial score (nSPS) is 15.0. The summed E-state index contributed by atoms with van der Waals surface area (Å²) in [6.45, 7) is 3.75. The average Bonchev–Trinajstić information content (AvgIpc) is 3.28. The fraction of sp³-hybridized carbons (Fsp3) is 0.312. The van der Waals surface area contributed by atoms with E-state index in [1.54, 1.807) is 0 Å². The first kappa shape index (κ1) is 15.2. The van der Waals surface area contributed by atoms with Crippen molar-refractivity contribution in [3.05, 3.63) is 39.9 Å². The molecular formula is C16H15ClN2O2S. The molecule has 1 fully saturated rings. The Morgan fingerprint density at radius 2 is 2.05 bits per heavy atom. The monoisotopic (exact) mass is 334 g/mol. The molecule has 1 aliphatic rings. The van der Waals surface area contributed by atoms with Crippen molar-refractivity contribution in [2.75, 3.05) is 0 Å². The summed E-state index contributed by atoms with van der Waals surface area (Å²) in [6, 6.07) is 7.55. The minimum Gasteiger partial charge on any atom is -0.318 e. The lowest BCUT2D eigenvalue weighted by atomic mass is 10.2. The molecule has 0 radical (unpaired) electrons. The van der Waals surface area contributed by atoms with Gasteiger partial charge in [-0.25, -0.2) is 9.78 Å². The fourth-order valence-corrected chi connectivity index (χ4v) is 3.13. The molecule has 4 nitrogen and oxygen atoms in total. The van der Waals surface area contributed by atoms with Crippen molar-refractivity contribution < 1.29 is 9.63 Å². The molecule has 6 heteroatoms. The number of aromatic nitrogens is 1. The Kier molecular flexibility index (Phi) is 4.27. The van der Waals surface area contributed by atoms with Gasteiger partial charge < -0.3 is 4.84 Å². The quantitative estimate of drug-likeness (QED) is 0.471. The lowest BCUT2D eigenvalue weighted by Crippen LogP contribution is -2.04. The number of oxime groups is 1. The third-order valence-electron chi connectivity index (χ3n) is 3.40. The average molecular weight is 335 g/mol. The van der Waals surface area contributed by atoms with Crippen molar-refractivity contribution in [2.45, 2.75) is 26.7 Å². The highest BCUT2D eigenvalue weighted by Gasteiger charge is 2.31. The lowest BCUT2D eigenvalue weighted by Gasteiger charge is -1.98. The number of aryl methyl sites for hydroxylation is 1. The van der Waals surface area contributed by atoms with Crippen LogP contribution in [-0.4, -0.2) is 16.7 Å². The number of carbonyl (C=O) groups is 1. The Morgan fingerprint density at radius 3 is 2.68 bits per heavy atom. The number of rotatable bonds is 4. The first-order valence-electron chi connectivity index (χ1n) is 7.04. The summed E-state index contributed by atoms with van der Waals surface area (Å²) >= 11 is 7.43. The zero-order chi connectivity index (χ0) is 15.7. The van der Waals surface area contributed by atoms with Gasteiger partial charge in [0.2, 0.25) is 0 Å². The van der Waals surface area contributed by atoms with Gasteiger partial charge >= 0.3 is 5.97 Å².